The van der Waals surface area contributed by atoms with Crippen LogP contribution in [-0.4, -0.2) is 56.2 Å². The number of hydrogen-bond donors (Lipinski definition) is 1. The number of esters is 1. The van der Waals surface area contributed by atoms with E-state index in [1.807, 2.05) is 7.05 Å². The maximum absolute atomic E-state index is 12.0. The van der Waals surface area contributed by atoms with Crippen LogP contribution < -0.4 is 5.32 Å². The highest BCUT2D eigenvalue weighted by Crippen LogP contribution is 2.21. The standard InChI is InChI=1S/C10H19N5O2/c1-3-17-9(16)10(4-7-15(2)8-10)12-5-6-13-14-11/h12H,3-8H2,1-2H3. The fourth-order valence-corrected chi connectivity index (χ4v) is 2.04. The third-order valence-electron chi connectivity index (χ3n) is 2.86. The molecule has 96 valence electrons. The van der Waals surface area contributed by atoms with E-state index in [9.17, 15) is 4.79 Å². The molecule has 1 aliphatic heterocycles. The summed E-state index contributed by atoms with van der Waals surface area (Å²) in [5, 5.41) is 6.60. The van der Waals surface area contributed by atoms with Crippen LogP contribution in [0.4, 0.5) is 0 Å². The van der Waals surface area contributed by atoms with Gasteiger partial charge in [-0.2, -0.15) is 0 Å². The zero-order chi connectivity index (χ0) is 12.7. The molecule has 1 heterocycles. The van der Waals surface area contributed by atoms with Crippen LogP contribution in [0.1, 0.15) is 13.3 Å². The lowest BCUT2D eigenvalue weighted by Crippen LogP contribution is -2.55. The van der Waals surface area contributed by atoms with Crippen molar-refractivity contribution in [2.45, 2.75) is 18.9 Å². The average molecular weight is 241 g/mol. The van der Waals surface area contributed by atoms with Gasteiger partial charge >= 0.3 is 5.97 Å². The number of carbonyl (C=O) groups excluding carboxylic acids is 1. The molecule has 1 unspecified atom stereocenters. The van der Waals surface area contributed by atoms with E-state index in [0.29, 0.717) is 26.2 Å². The van der Waals surface area contributed by atoms with Crippen molar-refractivity contribution < 1.29 is 9.53 Å². The van der Waals surface area contributed by atoms with Gasteiger partial charge in [0.15, 0.2) is 0 Å². The monoisotopic (exact) mass is 241 g/mol. The Bertz CT molecular complexity index is 316. The molecule has 0 aromatic rings. The Morgan fingerprint density at radius 1 is 1.71 bits per heavy atom. The van der Waals surface area contributed by atoms with Gasteiger partial charge in [-0.1, -0.05) is 5.11 Å². The maximum Gasteiger partial charge on any atom is 0.327 e. The molecule has 1 aliphatic rings. The summed E-state index contributed by atoms with van der Waals surface area (Å²) in [6.45, 7) is 4.47. The molecule has 7 heteroatoms. The minimum Gasteiger partial charge on any atom is -0.465 e. The van der Waals surface area contributed by atoms with Crippen molar-refractivity contribution in [3.05, 3.63) is 10.4 Å². The normalized spacial score (nSPS) is 24.4. The van der Waals surface area contributed by atoms with Gasteiger partial charge in [0.1, 0.15) is 5.54 Å². The number of nitrogens with one attached hydrogen (secondary N) is 1. The minimum atomic E-state index is -0.643. The molecule has 1 rings (SSSR count). The molecule has 7 nitrogen and oxygen atoms in total. The summed E-state index contributed by atoms with van der Waals surface area (Å²) in [4.78, 5) is 16.7. The van der Waals surface area contributed by atoms with E-state index in [0.717, 1.165) is 13.0 Å². The summed E-state index contributed by atoms with van der Waals surface area (Å²) in [7, 11) is 1.97. The second kappa shape index (κ2) is 6.44. The smallest absolute Gasteiger partial charge is 0.327 e. The number of nitrogens with zero attached hydrogens (tertiary/aromatic N) is 4. The predicted molar refractivity (Wildman–Crippen MR) is 63.5 cm³/mol. The summed E-state index contributed by atoms with van der Waals surface area (Å²) in [6.07, 6.45) is 0.721. The van der Waals surface area contributed by atoms with Crippen LogP contribution in [0.2, 0.25) is 0 Å². The zero-order valence-corrected chi connectivity index (χ0v) is 10.3. The molecule has 0 radical (unpaired) electrons. The van der Waals surface area contributed by atoms with E-state index in [-0.39, 0.29) is 5.97 Å². The van der Waals surface area contributed by atoms with Gasteiger partial charge in [-0.3, -0.25) is 0 Å². The first-order valence-corrected chi connectivity index (χ1v) is 5.76. The van der Waals surface area contributed by atoms with Crippen molar-refractivity contribution in [1.82, 2.24) is 10.2 Å². The fraction of sp³-hybridized carbons (Fsp3) is 0.900. The van der Waals surface area contributed by atoms with Gasteiger partial charge in [-0.15, -0.1) is 0 Å². The van der Waals surface area contributed by atoms with Crippen LogP contribution in [0.3, 0.4) is 0 Å². The van der Waals surface area contributed by atoms with Gasteiger partial charge in [-0.05, 0) is 25.9 Å². The molecular formula is C10H19N5O2. The highest BCUT2D eigenvalue weighted by Gasteiger charge is 2.44. The Morgan fingerprint density at radius 2 is 2.47 bits per heavy atom. The zero-order valence-electron chi connectivity index (χ0n) is 10.3. The van der Waals surface area contributed by atoms with Gasteiger partial charge < -0.3 is 15.0 Å². The Kier molecular flexibility index (Phi) is 5.21. The Hall–Kier alpha value is -1.30. The SMILES string of the molecule is CCOC(=O)C1(NCCN=[N+]=[N-])CCN(C)C1. The number of likely N-dealkylation sites (N-methyl/N-ethyl adjacent to an activating group) is 1. The number of likely N-dealkylation sites (tertiary alicyclic amines) is 1. The number of carbonyl (C=O) groups is 1. The van der Waals surface area contributed by atoms with Crippen LogP contribution in [-0.2, 0) is 9.53 Å². The second-order valence-electron chi connectivity index (χ2n) is 4.17. The summed E-state index contributed by atoms with van der Waals surface area (Å²) in [6, 6.07) is 0. The molecule has 0 amide bonds. The van der Waals surface area contributed by atoms with Gasteiger partial charge in [-0.25, -0.2) is 4.79 Å². The summed E-state index contributed by atoms with van der Waals surface area (Å²) in [5.74, 6) is -0.217. The highest BCUT2D eigenvalue weighted by atomic mass is 16.5. The molecule has 0 bridgehead atoms. The third-order valence-corrected chi connectivity index (χ3v) is 2.86. The Labute approximate surface area is 101 Å². The topological polar surface area (TPSA) is 90.3 Å². The van der Waals surface area contributed by atoms with E-state index in [4.69, 9.17) is 10.3 Å². The van der Waals surface area contributed by atoms with Crippen LogP contribution in [0.5, 0.6) is 0 Å². The van der Waals surface area contributed by atoms with Gasteiger partial charge in [0.25, 0.3) is 0 Å². The molecule has 0 aromatic carbocycles. The summed E-state index contributed by atoms with van der Waals surface area (Å²) in [5.41, 5.74) is 7.55. The first-order valence-electron chi connectivity index (χ1n) is 5.76. The van der Waals surface area contributed by atoms with Gasteiger partial charge in [0.05, 0.1) is 6.61 Å². The first kappa shape index (κ1) is 13.8. The molecule has 1 N–H and O–H groups in total. The second-order valence-corrected chi connectivity index (χ2v) is 4.17. The molecule has 1 saturated heterocycles. The Morgan fingerprint density at radius 3 is 3.00 bits per heavy atom. The van der Waals surface area contributed by atoms with Gasteiger partial charge in [0, 0.05) is 31.1 Å². The summed E-state index contributed by atoms with van der Waals surface area (Å²) >= 11 is 0. The van der Waals surface area contributed by atoms with E-state index >= 15 is 0 Å². The van der Waals surface area contributed by atoms with Crippen molar-refractivity contribution >= 4 is 5.97 Å². The molecule has 0 aromatic heterocycles. The molecule has 17 heavy (non-hydrogen) atoms. The lowest BCUT2D eigenvalue weighted by Gasteiger charge is -2.27. The van der Waals surface area contributed by atoms with Gasteiger partial charge in [0.2, 0.25) is 0 Å². The first-order chi connectivity index (χ1) is 8.14. The largest absolute Gasteiger partial charge is 0.465 e. The maximum atomic E-state index is 12.0. The summed E-state index contributed by atoms with van der Waals surface area (Å²) < 4.78 is 5.10. The number of hydrogen-bond acceptors (Lipinski definition) is 5. The van der Waals surface area contributed by atoms with E-state index < -0.39 is 5.54 Å². The van der Waals surface area contributed by atoms with Crippen LogP contribution in [0.25, 0.3) is 10.4 Å². The number of rotatable bonds is 6. The minimum absolute atomic E-state index is 0.217. The number of ether oxygens (including phenoxy) is 1. The van der Waals surface area contributed by atoms with Crippen molar-refractivity contribution in [2.75, 3.05) is 39.8 Å². The van der Waals surface area contributed by atoms with Crippen LogP contribution >= 0.6 is 0 Å². The fourth-order valence-electron chi connectivity index (χ4n) is 2.04. The lowest BCUT2D eigenvalue weighted by molar-refractivity contribution is -0.150. The molecular weight excluding hydrogens is 222 g/mol. The third kappa shape index (κ3) is 3.59. The molecule has 0 spiro atoms. The molecule has 1 atom stereocenters. The van der Waals surface area contributed by atoms with Crippen molar-refractivity contribution in [2.24, 2.45) is 5.11 Å². The Balaban J connectivity index is 2.59. The van der Waals surface area contributed by atoms with Crippen molar-refractivity contribution in [3.63, 3.8) is 0 Å². The van der Waals surface area contributed by atoms with Crippen LogP contribution in [0, 0.1) is 0 Å². The predicted octanol–water partition coefficient (Wildman–Crippen LogP) is 0.524. The molecule has 0 saturated carbocycles. The average Bonchev–Trinajstić information content (AvgIpc) is 2.68. The number of azide groups is 1. The van der Waals surface area contributed by atoms with E-state index in [1.54, 1.807) is 6.92 Å². The molecule has 0 aliphatic carbocycles. The van der Waals surface area contributed by atoms with E-state index in [2.05, 4.69) is 20.2 Å². The molecule has 1 fully saturated rings. The van der Waals surface area contributed by atoms with Crippen LogP contribution in [0.15, 0.2) is 5.11 Å². The van der Waals surface area contributed by atoms with E-state index in [1.165, 1.54) is 0 Å². The quantitative estimate of drug-likeness (QED) is 0.241. The van der Waals surface area contributed by atoms with Crippen molar-refractivity contribution in [3.8, 4) is 0 Å². The van der Waals surface area contributed by atoms with Crippen molar-refractivity contribution in [1.29, 1.82) is 0 Å². The highest BCUT2D eigenvalue weighted by molar-refractivity contribution is 5.81. The lowest BCUT2D eigenvalue weighted by atomic mass is 9.99.